The number of rotatable bonds is 5. The maximum atomic E-state index is 12.9. The first kappa shape index (κ1) is 21.5. The van der Waals surface area contributed by atoms with Gasteiger partial charge in [0, 0.05) is 49.5 Å². The van der Waals surface area contributed by atoms with Crippen LogP contribution in [0.3, 0.4) is 0 Å². The molecule has 1 aliphatic rings. The van der Waals surface area contributed by atoms with Crippen LogP contribution >= 0.6 is 0 Å². The molecule has 6 rings (SSSR count). The number of piperazine rings is 1. The number of benzene rings is 3. The van der Waals surface area contributed by atoms with Gasteiger partial charge in [0.25, 0.3) is 5.91 Å². The number of imidazole rings is 1. The Morgan fingerprint density at radius 3 is 2.66 bits per heavy atom. The van der Waals surface area contributed by atoms with Gasteiger partial charge in [-0.1, -0.05) is 18.2 Å². The quantitative estimate of drug-likeness (QED) is 0.406. The predicted octanol–water partition coefficient (Wildman–Crippen LogP) is 3.77. The molecule has 3 heterocycles. The van der Waals surface area contributed by atoms with Crippen LogP contribution in [0.25, 0.3) is 33.5 Å². The Labute approximate surface area is 201 Å². The Hall–Kier alpha value is -4.08. The van der Waals surface area contributed by atoms with Gasteiger partial charge in [0.1, 0.15) is 16.9 Å². The minimum Gasteiger partial charge on any atom is -0.338 e. The summed E-state index contributed by atoms with van der Waals surface area (Å²) in [6, 6.07) is 19.1. The van der Waals surface area contributed by atoms with Gasteiger partial charge in [-0.3, -0.25) is 9.69 Å². The lowest BCUT2D eigenvalue weighted by Crippen LogP contribution is -2.43. The van der Waals surface area contributed by atoms with E-state index in [1.807, 2.05) is 42.5 Å². The van der Waals surface area contributed by atoms with Gasteiger partial charge in [0.05, 0.1) is 11.0 Å². The summed E-state index contributed by atoms with van der Waals surface area (Å²) < 4.78 is 4.86. The molecule has 176 valence electrons. The molecular formula is C26H25N7O2. The molecular weight excluding hydrogens is 442 g/mol. The van der Waals surface area contributed by atoms with E-state index in [0.717, 1.165) is 55.0 Å². The van der Waals surface area contributed by atoms with Gasteiger partial charge < -0.3 is 15.2 Å². The van der Waals surface area contributed by atoms with E-state index in [1.165, 1.54) is 5.56 Å². The summed E-state index contributed by atoms with van der Waals surface area (Å²) in [7, 11) is 2.16. The van der Waals surface area contributed by atoms with Crippen LogP contribution in [0, 0.1) is 0 Å². The highest BCUT2D eigenvalue weighted by Crippen LogP contribution is 2.27. The minimum absolute atomic E-state index is 0.169. The second-order valence-corrected chi connectivity index (χ2v) is 8.99. The van der Waals surface area contributed by atoms with Crippen LogP contribution < -0.4 is 5.32 Å². The van der Waals surface area contributed by atoms with Crippen LogP contribution in [0.5, 0.6) is 0 Å². The van der Waals surface area contributed by atoms with Gasteiger partial charge in [-0.05, 0) is 65.4 Å². The largest absolute Gasteiger partial charge is 0.338 e. The Morgan fingerprint density at radius 2 is 1.83 bits per heavy atom. The first-order valence-electron chi connectivity index (χ1n) is 11.6. The molecule has 0 spiro atoms. The SMILES string of the molecule is CN1CCN(Cc2ccc(NC(=O)c3ccc4nc(-c5cccc6nonc56)[nH]c4c3)cc2)CC1. The third kappa shape index (κ3) is 4.39. The topological polar surface area (TPSA) is 103 Å². The number of carbonyl (C=O) groups excluding carboxylic acids is 1. The van der Waals surface area contributed by atoms with Crippen LogP contribution in [-0.2, 0) is 6.54 Å². The van der Waals surface area contributed by atoms with Crippen molar-refractivity contribution in [3.63, 3.8) is 0 Å². The van der Waals surface area contributed by atoms with Crippen molar-refractivity contribution in [1.29, 1.82) is 0 Å². The molecule has 1 saturated heterocycles. The fourth-order valence-electron chi connectivity index (χ4n) is 4.44. The number of nitrogens with zero attached hydrogens (tertiary/aromatic N) is 5. The number of anilines is 1. The molecule has 0 bridgehead atoms. The zero-order valence-electron chi connectivity index (χ0n) is 19.4. The number of aromatic amines is 1. The van der Waals surface area contributed by atoms with Crippen molar-refractivity contribution < 1.29 is 9.42 Å². The number of hydrogen-bond donors (Lipinski definition) is 2. The number of aromatic nitrogens is 4. The van der Waals surface area contributed by atoms with Crippen molar-refractivity contribution in [2.24, 2.45) is 0 Å². The third-order valence-corrected chi connectivity index (χ3v) is 6.50. The van der Waals surface area contributed by atoms with E-state index >= 15 is 0 Å². The predicted molar refractivity (Wildman–Crippen MR) is 134 cm³/mol. The van der Waals surface area contributed by atoms with Gasteiger partial charge in [-0.2, -0.15) is 0 Å². The van der Waals surface area contributed by atoms with Crippen LogP contribution in [0.4, 0.5) is 5.69 Å². The minimum atomic E-state index is -0.169. The second-order valence-electron chi connectivity index (χ2n) is 8.99. The smallest absolute Gasteiger partial charge is 0.255 e. The fraction of sp³-hybridized carbons (Fsp3) is 0.231. The van der Waals surface area contributed by atoms with Crippen molar-refractivity contribution >= 4 is 33.7 Å². The average molecular weight is 468 g/mol. The molecule has 1 amide bonds. The lowest BCUT2D eigenvalue weighted by atomic mass is 10.1. The first-order chi connectivity index (χ1) is 17.1. The van der Waals surface area contributed by atoms with E-state index < -0.39 is 0 Å². The highest BCUT2D eigenvalue weighted by atomic mass is 16.6. The summed E-state index contributed by atoms with van der Waals surface area (Å²) in [5, 5.41) is 10.9. The molecule has 2 N–H and O–H groups in total. The molecule has 0 saturated carbocycles. The second kappa shape index (κ2) is 8.94. The maximum absolute atomic E-state index is 12.9. The van der Waals surface area contributed by atoms with Crippen LogP contribution in [0.1, 0.15) is 15.9 Å². The molecule has 0 unspecified atom stereocenters. The van der Waals surface area contributed by atoms with Gasteiger partial charge in [-0.15, -0.1) is 0 Å². The molecule has 0 radical (unpaired) electrons. The van der Waals surface area contributed by atoms with Crippen LogP contribution in [0.15, 0.2) is 65.3 Å². The molecule has 1 aliphatic heterocycles. The summed E-state index contributed by atoms with van der Waals surface area (Å²) in [6.07, 6.45) is 0. The van der Waals surface area contributed by atoms with Crippen LogP contribution in [0.2, 0.25) is 0 Å². The number of carbonyl (C=O) groups is 1. The van der Waals surface area contributed by atoms with Crippen LogP contribution in [-0.4, -0.2) is 69.2 Å². The first-order valence-corrected chi connectivity index (χ1v) is 11.6. The van der Waals surface area contributed by atoms with Gasteiger partial charge in [0.2, 0.25) is 0 Å². The van der Waals surface area contributed by atoms with Crippen molar-refractivity contribution in [3.05, 3.63) is 71.8 Å². The molecule has 1 fully saturated rings. The Bertz CT molecular complexity index is 1500. The molecule has 9 nitrogen and oxygen atoms in total. The van der Waals surface area contributed by atoms with E-state index in [1.54, 1.807) is 6.07 Å². The molecule has 0 atom stereocenters. The Balaban J connectivity index is 1.16. The Morgan fingerprint density at radius 1 is 1.00 bits per heavy atom. The lowest BCUT2D eigenvalue weighted by Gasteiger charge is -2.32. The molecule has 0 aliphatic carbocycles. The van der Waals surface area contributed by atoms with E-state index in [9.17, 15) is 4.79 Å². The van der Waals surface area contributed by atoms with E-state index in [0.29, 0.717) is 22.4 Å². The van der Waals surface area contributed by atoms with E-state index in [2.05, 4.69) is 54.6 Å². The number of hydrogen-bond acceptors (Lipinski definition) is 7. The molecule has 9 heteroatoms. The molecule has 2 aromatic heterocycles. The monoisotopic (exact) mass is 467 g/mol. The summed E-state index contributed by atoms with van der Waals surface area (Å²) >= 11 is 0. The molecule has 5 aromatic rings. The highest BCUT2D eigenvalue weighted by molar-refractivity contribution is 6.06. The molecule has 3 aromatic carbocycles. The number of nitrogens with one attached hydrogen (secondary N) is 2. The fourth-order valence-corrected chi connectivity index (χ4v) is 4.44. The normalized spacial score (nSPS) is 15.1. The summed E-state index contributed by atoms with van der Waals surface area (Å²) in [6.45, 7) is 5.29. The van der Waals surface area contributed by atoms with Crippen molar-refractivity contribution in [2.75, 3.05) is 38.5 Å². The summed E-state index contributed by atoms with van der Waals surface area (Å²) in [5.41, 5.74) is 6.20. The average Bonchev–Trinajstić information content (AvgIpc) is 3.53. The van der Waals surface area contributed by atoms with Crippen molar-refractivity contribution in [2.45, 2.75) is 6.54 Å². The van der Waals surface area contributed by atoms with E-state index in [4.69, 9.17) is 4.63 Å². The Kier molecular flexibility index (Phi) is 5.48. The van der Waals surface area contributed by atoms with Crippen molar-refractivity contribution in [3.8, 4) is 11.4 Å². The number of fused-ring (bicyclic) bond motifs is 2. The highest BCUT2D eigenvalue weighted by Gasteiger charge is 2.15. The zero-order valence-corrected chi connectivity index (χ0v) is 19.4. The van der Waals surface area contributed by atoms with Gasteiger partial charge in [-0.25, -0.2) is 9.61 Å². The standard InChI is InChI=1S/C26H25N7O2/c1-32-11-13-33(14-12-32)16-17-5-8-19(9-6-17)27-26(34)18-7-10-21-23(15-18)29-25(28-21)20-3-2-4-22-24(20)31-35-30-22/h2-10,15H,11-14,16H2,1H3,(H,27,34)(H,28,29). The van der Waals surface area contributed by atoms with Gasteiger partial charge >= 0.3 is 0 Å². The summed E-state index contributed by atoms with van der Waals surface area (Å²) in [4.78, 5) is 25.7. The third-order valence-electron chi connectivity index (χ3n) is 6.50. The number of amides is 1. The molecule has 35 heavy (non-hydrogen) atoms. The zero-order chi connectivity index (χ0) is 23.8. The maximum Gasteiger partial charge on any atom is 0.255 e. The van der Waals surface area contributed by atoms with E-state index in [-0.39, 0.29) is 5.91 Å². The number of likely N-dealkylation sites (N-methyl/N-ethyl adjacent to an activating group) is 1. The summed E-state index contributed by atoms with van der Waals surface area (Å²) in [5.74, 6) is 0.479. The lowest BCUT2D eigenvalue weighted by molar-refractivity contribution is 0.102. The number of H-pyrrole nitrogens is 1. The van der Waals surface area contributed by atoms with Gasteiger partial charge in [0.15, 0.2) is 0 Å². The van der Waals surface area contributed by atoms with Crippen molar-refractivity contribution in [1.82, 2.24) is 30.1 Å².